The normalized spacial score (nSPS) is 11.5. The van der Waals surface area contributed by atoms with Crippen LogP contribution < -0.4 is 0 Å². The zero-order valence-corrected chi connectivity index (χ0v) is 14.9. The van der Waals surface area contributed by atoms with E-state index in [-0.39, 0.29) is 0 Å². The molecular formula is C25H14N2O. The topological polar surface area (TPSA) is 22.4 Å². The lowest BCUT2D eigenvalue weighted by atomic mass is 10.1. The minimum absolute atomic E-state index is 0.623. The highest BCUT2D eigenvalue weighted by atomic mass is 16.3. The van der Waals surface area contributed by atoms with Gasteiger partial charge in [-0.1, -0.05) is 54.6 Å². The van der Waals surface area contributed by atoms with Gasteiger partial charge in [-0.3, -0.25) is 0 Å². The van der Waals surface area contributed by atoms with E-state index >= 15 is 0 Å². The molecule has 28 heavy (non-hydrogen) atoms. The van der Waals surface area contributed by atoms with E-state index in [1.807, 2.05) is 12.1 Å². The van der Waals surface area contributed by atoms with E-state index in [9.17, 15) is 0 Å². The van der Waals surface area contributed by atoms with Crippen LogP contribution in [-0.2, 0) is 0 Å². The Balaban J connectivity index is 1.80. The van der Waals surface area contributed by atoms with Crippen molar-refractivity contribution >= 4 is 49.4 Å². The van der Waals surface area contributed by atoms with Crippen LogP contribution in [0.5, 0.6) is 0 Å². The molecule has 0 saturated heterocycles. The Morgan fingerprint density at radius 3 is 2.07 bits per heavy atom. The summed E-state index contributed by atoms with van der Waals surface area (Å²) in [6, 6.07) is 28.7. The monoisotopic (exact) mass is 358 g/mol. The van der Waals surface area contributed by atoms with E-state index in [1.54, 1.807) is 6.07 Å². The SMILES string of the molecule is [C-]#[N+]c1ccc2oc3c(-n4c5ccccc5c5ccccc54)cccc3c2c1. The summed E-state index contributed by atoms with van der Waals surface area (Å²) in [6.07, 6.45) is 0. The highest BCUT2D eigenvalue weighted by Gasteiger charge is 2.17. The summed E-state index contributed by atoms with van der Waals surface area (Å²) in [5.41, 5.74) is 5.58. The Bertz CT molecular complexity index is 1520. The van der Waals surface area contributed by atoms with Crippen LogP contribution in [0.2, 0.25) is 0 Å². The zero-order chi connectivity index (χ0) is 18.7. The Hall–Kier alpha value is -4.03. The second-order valence-corrected chi connectivity index (χ2v) is 6.92. The van der Waals surface area contributed by atoms with Gasteiger partial charge in [-0.25, -0.2) is 4.85 Å². The zero-order valence-electron chi connectivity index (χ0n) is 14.9. The maximum absolute atomic E-state index is 7.31. The third-order valence-corrected chi connectivity index (χ3v) is 5.41. The third-order valence-electron chi connectivity index (χ3n) is 5.41. The summed E-state index contributed by atoms with van der Waals surface area (Å²) in [6.45, 7) is 7.31. The van der Waals surface area contributed by atoms with E-state index in [2.05, 4.69) is 76.1 Å². The van der Waals surface area contributed by atoms with E-state index in [0.29, 0.717) is 5.69 Å². The lowest BCUT2D eigenvalue weighted by Gasteiger charge is -2.08. The molecule has 0 aliphatic heterocycles. The quantitative estimate of drug-likeness (QED) is 0.284. The third kappa shape index (κ3) is 1.92. The molecule has 0 spiro atoms. The first-order valence-corrected chi connectivity index (χ1v) is 9.16. The molecule has 6 aromatic rings. The van der Waals surface area contributed by atoms with Gasteiger partial charge < -0.3 is 8.98 Å². The highest BCUT2D eigenvalue weighted by Crippen LogP contribution is 2.38. The van der Waals surface area contributed by atoms with Gasteiger partial charge in [0.05, 0.1) is 23.3 Å². The molecule has 0 saturated carbocycles. The molecule has 3 nitrogen and oxygen atoms in total. The van der Waals surface area contributed by atoms with Gasteiger partial charge in [0.15, 0.2) is 11.3 Å². The average molecular weight is 358 g/mol. The summed E-state index contributed by atoms with van der Waals surface area (Å²) < 4.78 is 8.55. The molecule has 0 radical (unpaired) electrons. The first-order valence-electron chi connectivity index (χ1n) is 9.16. The van der Waals surface area contributed by atoms with Gasteiger partial charge >= 0.3 is 0 Å². The summed E-state index contributed by atoms with van der Waals surface area (Å²) in [4.78, 5) is 3.56. The molecule has 0 aliphatic carbocycles. The van der Waals surface area contributed by atoms with Crippen molar-refractivity contribution in [1.82, 2.24) is 4.57 Å². The van der Waals surface area contributed by atoms with Crippen molar-refractivity contribution in [3.8, 4) is 5.69 Å². The number of para-hydroxylation sites is 3. The number of hydrogen-bond donors (Lipinski definition) is 0. The van der Waals surface area contributed by atoms with Gasteiger partial charge in [0, 0.05) is 21.5 Å². The van der Waals surface area contributed by atoms with Crippen molar-refractivity contribution in [3.63, 3.8) is 0 Å². The largest absolute Gasteiger partial charge is 0.454 e. The molecule has 0 fully saturated rings. The molecule has 0 atom stereocenters. The molecule has 3 heteroatoms. The first-order chi connectivity index (χ1) is 13.8. The van der Waals surface area contributed by atoms with Crippen LogP contribution in [0, 0.1) is 6.57 Å². The van der Waals surface area contributed by atoms with Gasteiger partial charge in [-0.15, -0.1) is 0 Å². The van der Waals surface area contributed by atoms with Crippen LogP contribution in [-0.4, -0.2) is 4.57 Å². The summed E-state index contributed by atoms with van der Waals surface area (Å²) in [5, 5.41) is 4.45. The lowest BCUT2D eigenvalue weighted by molar-refractivity contribution is 0.666. The van der Waals surface area contributed by atoms with E-state index in [4.69, 9.17) is 11.0 Å². The minimum atomic E-state index is 0.623. The Morgan fingerprint density at radius 1 is 0.679 bits per heavy atom. The van der Waals surface area contributed by atoms with Crippen molar-refractivity contribution in [2.45, 2.75) is 0 Å². The van der Waals surface area contributed by atoms with E-state index < -0.39 is 0 Å². The number of rotatable bonds is 1. The van der Waals surface area contributed by atoms with E-state index in [0.717, 1.165) is 38.7 Å². The van der Waals surface area contributed by atoms with Gasteiger partial charge in [0.2, 0.25) is 0 Å². The molecule has 2 aromatic heterocycles. The Labute approximate surface area is 160 Å². The van der Waals surface area contributed by atoms with Crippen LogP contribution in [0.1, 0.15) is 0 Å². The maximum Gasteiger partial charge on any atom is 0.188 e. The number of aromatic nitrogens is 1. The van der Waals surface area contributed by atoms with Crippen LogP contribution in [0.25, 0.3) is 54.3 Å². The van der Waals surface area contributed by atoms with E-state index in [1.165, 1.54) is 10.8 Å². The average Bonchev–Trinajstić information content (AvgIpc) is 3.29. The molecule has 4 aromatic carbocycles. The van der Waals surface area contributed by atoms with Crippen molar-refractivity contribution < 1.29 is 4.42 Å². The Kier molecular flexibility index (Phi) is 2.95. The van der Waals surface area contributed by atoms with Crippen molar-refractivity contribution in [1.29, 1.82) is 0 Å². The van der Waals surface area contributed by atoms with Crippen LogP contribution >= 0.6 is 0 Å². The second-order valence-electron chi connectivity index (χ2n) is 6.92. The summed E-state index contributed by atoms with van der Waals surface area (Å²) >= 11 is 0. The fraction of sp³-hybridized carbons (Fsp3) is 0. The second kappa shape index (κ2) is 5.48. The molecule has 0 N–H and O–H groups in total. The van der Waals surface area contributed by atoms with Crippen molar-refractivity contribution in [3.05, 3.63) is 96.3 Å². The van der Waals surface area contributed by atoms with Crippen LogP contribution in [0.15, 0.2) is 89.3 Å². The van der Waals surface area contributed by atoms with Crippen molar-refractivity contribution in [2.75, 3.05) is 0 Å². The Morgan fingerprint density at radius 2 is 1.36 bits per heavy atom. The summed E-state index contributed by atoms with van der Waals surface area (Å²) in [7, 11) is 0. The number of hydrogen-bond acceptors (Lipinski definition) is 1. The number of fused-ring (bicyclic) bond motifs is 6. The standard InChI is InChI=1S/C25H14N2O/c1-26-16-13-14-24-20(15-16)19-9-6-12-23(25(19)28-24)27-21-10-4-2-7-17(21)18-8-3-5-11-22(18)27/h2-15H. The van der Waals surface area contributed by atoms with Gasteiger partial charge in [-0.2, -0.15) is 0 Å². The maximum atomic E-state index is 7.31. The number of benzene rings is 4. The fourth-order valence-electron chi connectivity index (χ4n) is 4.20. The van der Waals surface area contributed by atoms with Crippen LogP contribution in [0.3, 0.4) is 0 Å². The molecule has 0 bridgehead atoms. The summed E-state index contributed by atoms with van der Waals surface area (Å²) in [5.74, 6) is 0. The molecule has 0 unspecified atom stereocenters. The first kappa shape index (κ1) is 15.1. The van der Waals surface area contributed by atoms with Crippen molar-refractivity contribution in [2.24, 2.45) is 0 Å². The molecule has 2 heterocycles. The van der Waals surface area contributed by atoms with Gasteiger partial charge in [0.25, 0.3) is 0 Å². The predicted octanol–water partition coefficient (Wildman–Crippen LogP) is 7.23. The molecule has 0 amide bonds. The van der Waals surface area contributed by atoms with Gasteiger partial charge in [-0.05, 0) is 30.3 Å². The predicted molar refractivity (Wildman–Crippen MR) is 114 cm³/mol. The highest BCUT2D eigenvalue weighted by molar-refractivity contribution is 6.12. The molecule has 130 valence electrons. The molecular weight excluding hydrogens is 344 g/mol. The number of nitrogens with zero attached hydrogens (tertiary/aromatic N) is 2. The number of furan rings is 1. The molecule has 6 rings (SSSR count). The van der Waals surface area contributed by atoms with Crippen LogP contribution in [0.4, 0.5) is 5.69 Å². The fourth-order valence-corrected chi connectivity index (χ4v) is 4.20. The smallest absolute Gasteiger partial charge is 0.188 e. The minimum Gasteiger partial charge on any atom is -0.454 e. The lowest BCUT2D eigenvalue weighted by Crippen LogP contribution is -1.93. The molecule has 0 aliphatic rings. The van der Waals surface area contributed by atoms with Gasteiger partial charge in [0.1, 0.15) is 5.58 Å².